The number of rotatable bonds is 8. The van der Waals surface area contributed by atoms with Crippen LogP contribution in [0.2, 0.25) is 0 Å². The van der Waals surface area contributed by atoms with Gasteiger partial charge in [-0.1, -0.05) is 66.7 Å². The molecule has 0 aromatic heterocycles. The highest BCUT2D eigenvalue weighted by Crippen LogP contribution is 2.22. The molecule has 4 aromatic carbocycles. The summed E-state index contributed by atoms with van der Waals surface area (Å²) in [6, 6.07) is 29.4. The Balaban J connectivity index is 1.23. The zero-order valence-electron chi connectivity index (χ0n) is 20.2. The van der Waals surface area contributed by atoms with Crippen LogP contribution in [0.15, 0.2) is 102 Å². The van der Waals surface area contributed by atoms with E-state index in [0.717, 1.165) is 16.3 Å². The van der Waals surface area contributed by atoms with Gasteiger partial charge in [-0.15, -0.1) is 0 Å². The first-order valence-corrected chi connectivity index (χ1v) is 11.7. The van der Waals surface area contributed by atoms with Gasteiger partial charge in [0.15, 0.2) is 6.61 Å². The van der Waals surface area contributed by atoms with Crippen molar-refractivity contribution in [2.24, 2.45) is 5.10 Å². The Labute approximate surface area is 214 Å². The molecule has 0 heterocycles. The highest BCUT2D eigenvalue weighted by Gasteiger charge is 2.14. The summed E-state index contributed by atoms with van der Waals surface area (Å²) in [7, 11) is 0. The number of benzene rings is 4. The van der Waals surface area contributed by atoms with E-state index in [-0.39, 0.29) is 18.6 Å². The van der Waals surface area contributed by atoms with Crippen molar-refractivity contribution in [1.29, 1.82) is 0 Å². The largest absolute Gasteiger partial charge is 0.484 e. The van der Waals surface area contributed by atoms with Crippen molar-refractivity contribution in [2.45, 2.75) is 13.0 Å². The van der Waals surface area contributed by atoms with Gasteiger partial charge in [-0.25, -0.2) is 5.43 Å². The molecular weight excluding hydrogens is 468 g/mol. The van der Waals surface area contributed by atoms with Gasteiger partial charge in [-0.2, -0.15) is 5.10 Å². The van der Waals surface area contributed by atoms with Crippen LogP contribution in [0.1, 0.15) is 24.1 Å². The molecule has 1 unspecified atom stereocenters. The highest BCUT2D eigenvalue weighted by molar-refractivity contribution is 6.40. The van der Waals surface area contributed by atoms with E-state index in [4.69, 9.17) is 4.74 Å². The smallest absolute Gasteiger partial charge is 0.329 e. The lowest BCUT2D eigenvalue weighted by Gasteiger charge is -2.14. The van der Waals surface area contributed by atoms with Gasteiger partial charge in [0.05, 0.1) is 12.3 Å². The molecule has 0 aliphatic carbocycles. The number of nitrogens with zero attached hydrogens (tertiary/aromatic N) is 1. The minimum atomic E-state index is -0.889. The molecule has 4 rings (SSSR count). The molecule has 0 saturated heterocycles. The molecule has 0 spiro atoms. The lowest BCUT2D eigenvalue weighted by Crippen LogP contribution is -2.32. The van der Waals surface area contributed by atoms with Crippen molar-refractivity contribution in [3.8, 4) is 5.75 Å². The second-order valence-electron chi connectivity index (χ2n) is 8.24. The number of anilines is 1. The normalized spacial score (nSPS) is 11.6. The molecule has 0 fully saturated rings. The fourth-order valence-electron chi connectivity index (χ4n) is 3.64. The summed E-state index contributed by atoms with van der Waals surface area (Å²) in [5.41, 5.74) is 4.44. The number of hydrogen-bond acceptors (Lipinski definition) is 5. The minimum absolute atomic E-state index is 0.119. The number of hydrogen-bond donors (Lipinski definition) is 3. The first kappa shape index (κ1) is 25.1. The van der Waals surface area contributed by atoms with Crippen molar-refractivity contribution in [3.63, 3.8) is 0 Å². The van der Waals surface area contributed by atoms with Crippen molar-refractivity contribution in [1.82, 2.24) is 10.7 Å². The van der Waals surface area contributed by atoms with E-state index < -0.39 is 11.8 Å². The van der Waals surface area contributed by atoms with Crippen molar-refractivity contribution in [2.75, 3.05) is 11.9 Å². The zero-order valence-corrected chi connectivity index (χ0v) is 20.2. The Kier molecular flexibility index (Phi) is 8.23. The number of carbonyl (C=O) groups is 3. The Morgan fingerprint density at radius 1 is 0.838 bits per heavy atom. The Bertz CT molecular complexity index is 1410. The van der Waals surface area contributed by atoms with E-state index in [1.165, 1.54) is 6.21 Å². The van der Waals surface area contributed by atoms with Gasteiger partial charge in [0.2, 0.25) is 0 Å². The van der Waals surface area contributed by atoms with Gasteiger partial charge >= 0.3 is 11.8 Å². The van der Waals surface area contributed by atoms with Gasteiger partial charge < -0.3 is 15.4 Å². The third-order valence-electron chi connectivity index (χ3n) is 5.55. The van der Waals surface area contributed by atoms with E-state index in [2.05, 4.69) is 21.2 Å². The van der Waals surface area contributed by atoms with Crippen LogP contribution in [-0.4, -0.2) is 30.5 Å². The van der Waals surface area contributed by atoms with Crippen molar-refractivity contribution in [3.05, 3.63) is 108 Å². The van der Waals surface area contributed by atoms with Crippen LogP contribution >= 0.6 is 0 Å². The highest BCUT2D eigenvalue weighted by atomic mass is 16.5. The van der Waals surface area contributed by atoms with Crippen LogP contribution in [-0.2, 0) is 14.4 Å². The molecule has 0 aliphatic heterocycles. The molecule has 4 aromatic rings. The van der Waals surface area contributed by atoms with E-state index in [0.29, 0.717) is 17.0 Å². The number of fused-ring (bicyclic) bond motifs is 1. The second kappa shape index (κ2) is 12.1. The monoisotopic (exact) mass is 494 g/mol. The van der Waals surface area contributed by atoms with Gasteiger partial charge in [-0.3, -0.25) is 14.4 Å². The van der Waals surface area contributed by atoms with Crippen LogP contribution in [0.25, 0.3) is 10.8 Å². The van der Waals surface area contributed by atoms with Crippen LogP contribution in [0.5, 0.6) is 5.75 Å². The Morgan fingerprint density at radius 2 is 1.54 bits per heavy atom. The average Bonchev–Trinajstić information content (AvgIpc) is 2.93. The third-order valence-corrected chi connectivity index (χ3v) is 5.55. The van der Waals surface area contributed by atoms with Crippen molar-refractivity contribution < 1.29 is 19.1 Å². The number of carbonyl (C=O) groups excluding carboxylic acids is 3. The topological polar surface area (TPSA) is 109 Å². The maximum absolute atomic E-state index is 12.3. The summed E-state index contributed by atoms with van der Waals surface area (Å²) in [5.74, 6) is -1.43. The molecule has 186 valence electrons. The molecule has 1 atom stereocenters. The predicted octanol–water partition coefficient (Wildman–Crippen LogP) is 4.18. The number of amides is 3. The predicted molar refractivity (Wildman–Crippen MR) is 143 cm³/mol. The molecule has 3 N–H and O–H groups in total. The maximum atomic E-state index is 12.3. The van der Waals surface area contributed by atoms with E-state index in [1.807, 2.05) is 67.6 Å². The zero-order chi connectivity index (χ0) is 26.0. The molecular formula is C29H26N4O4. The van der Waals surface area contributed by atoms with Crippen LogP contribution in [0.4, 0.5) is 5.69 Å². The molecule has 0 aliphatic rings. The van der Waals surface area contributed by atoms with Gasteiger partial charge in [0, 0.05) is 11.1 Å². The number of hydrazone groups is 1. The first-order valence-electron chi connectivity index (χ1n) is 11.7. The first-order chi connectivity index (χ1) is 18.0. The summed E-state index contributed by atoms with van der Waals surface area (Å²) < 4.78 is 5.54. The molecule has 8 heteroatoms. The fourth-order valence-corrected chi connectivity index (χ4v) is 3.64. The summed E-state index contributed by atoms with van der Waals surface area (Å²) in [5, 5.41) is 11.1. The Morgan fingerprint density at radius 3 is 2.32 bits per heavy atom. The molecule has 0 bridgehead atoms. The molecule has 0 saturated carbocycles. The SMILES string of the molecule is CC(NC(=O)COc1ccc(/C=N/NC(=O)C(=O)Nc2cccc3ccccc23)cc1)c1ccccc1. The van der Waals surface area contributed by atoms with Gasteiger partial charge in [-0.05, 0) is 53.8 Å². The summed E-state index contributed by atoms with van der Waals surface area (Å²) >= 11 is 0. The summed E-state index contributed by atoms with van der Waals surface area (Å²) in [6.45, 7) is 1.79. The minimum Gasteiger partial charge on any atom is -0.484 e. The molecule has 37 heavy (non-hydrogen) atoms. The van der Waals surface area contributed by atoms with E-state index in [1.54, 1.807) is 36.4 Å². The van der Waals surface area contributed by atoms with Crippen LogP contribution in [0, 0.1) is 0 Å². The van der Waals surface area contributed by atoms with Gasteiger partial charge in [0.25, 0.3) is 5.91 Å². The van der Waals surface area contributed by atoms with Crippen LogP contribution in [0.3, 0.4) is 0 Å². The molecule has 8 nitrogen and oxygen atoms in total. The van der Waals surface area contributed by atoms with E-state index >= 15 is 0 Å². The average molecular weight is 495 g/mol. The van der Waals surface area contributed by atoms with Crippen LogP contribution < -0.4 is 20.8 Å². The molecule has 0 radical (unpaired) electrons. The summed E-state index contributed by atoms with van der Waals surface area (Å²) in [6.07, 6.45) is 1.40. The maximum Gasteiger partial charge on any atom is 0.329 e. The molecule has 3 amide bonds. The van der Waals surface area contributed by atoms with Crippen molar-refractivity contribution >= 4 is 40.4 Å². The Hall–Kier alpha value is -4.98. The van der Waals surface area contributed by atoms with E-state index in [9.17, 15) is 14.4 Å². The standard InChI is InChI=1S/C29H26N4O4/c1-20(22-8-3-2-4-9-22)31-27(34)19-37-24-16-14-21(15-17-24)18-30-33-29(36)28(35)32-26-13-7-11-23-10-5-6-12-25(23)26/h2-18,20H,19H2,1H3,(H,31,34)(H,32,35)(H,33,36)/b30-18+. The summed E-state index contributed by atoms with van der Waals surface area (Å²) in [4.78, 5) is 36.6. The second-order valence-corrected chi connectivity index (χ2v) is 8.24. The quantitative estimate of drug-likeness (QED) is 0.194. The fraction of sp³-hybridized carbons (Fsp3) is 0.103. The lowest BCUT2D eigenvalue weighted by atomic mass is 10.1. The van der Waals surface area contributed by atoms with Gasteiger partial charge in [0.1, 0.15) is 5.75 Å². The number of nitrogens with one attached hydrogen (secondary N) is 3. The number of ether oxygens (including phenoxy) is 1. The lowest BCUT2D eigenvalue weighted by molar-refractivity contribution is -0.136. The third kappa shape index (κ3) is 7.02.